The van der Waals surface area contributed by atoms with Crippen molar-refractivity contribution in [1.29, 1.82) is 0 Å². The smallest absolute Gasteiger partial charge is 0.274 e. The summed E-state index contributed by atoms with van der Waals surface area (Å²) in [6, 6.07) is 6.37. The van der Waals surface area contributed by atoms with Gasteiger partial charge in [-0.15, -0.1) is 0 Å². The minimum atomic E-state index is -0.269. The van der Waals surface area contributed by atoms with Crippen LogP contribution in [0.15, 0.2) is 24.3 Å². The third-order valence-electron chi connectivity index (χ3n) is 5.92. The average molecular weight is 426 g/mol. The predicted molar refractivity (Wildman–Crippen MR) is 114 cm³/mol. The van der Waals surface area contributed by atoms with E-state index in [4.69, 9.17) is 4.74 Å². The number of rotatable bonds is 6. The Morgan fingerprint density at radius 2 is 1.94 bits per heavy atom. The van der Waals surface area contributed by atoms with Gasteiger partial charge < -0.3 is 9.64 Å². The Bertz CT molecular complexity index is 1100. The molecule has 4 rings (SSSR count). The van der Waals surface area contributed by atoms with E-state index in [1.807, 2.05) is 23.2 Å². The van der Waals surface area contributed by atoms with Crippen LogP contribution in [0.3, 0.4) is 0 Å². The summed E-state index contributed by atoms with van der Waals surface area (Å²) < 4.78 is 22.7. The maximum Gasteiger partial charge on any atom is 0.274 e. The number of fused-ring (bicyclic) bond motifs is 1. The molecule has 31 heavy (non-hydrogen) atoms. The van der Waals surface area contributed by atoms with E-state index in [0.717, 1.165) is 40.3 Å². The molecule has 164 valence electrons. The molecule has 0 spiro atoms. The molecule has 0 atom stereocenters. The Balaban J connectivity index is 1.61. The summed E-state index contributed by atoms with van der Waals surface area (Å²) in [5.74, 6) is -0.406. The molecular weight excluding hydrogens is 397 g/mol. The maximum atomic E-state index is 13.3. The highest BCUT2D eigenvalue weighted by atomic mass is 19.1. The molecule has 1 amide bonds. The fourth-order valence-electron chi connectivity index (χ4n) is 4.13. The molecular formula is C23H28FN5O2. The summed E-state index contributed by atoms with van der Waals surface area (Å²) in [5.41, 5.74) is 6.30. The molecule has 1 aliphatic heterocycles. The van der Waals surface area contributed by atoms with Gasteiger partial charge >= 0.3 is 0 Å². The Morgan fingerprint density at radius 3 is 2.61 bits per heavy atom. The molecule has 3 aromatic rings. The zero-order valence-corrected chi connectivity index (χ0v) is 18.5. The monoisotopic (exact) mass is 425 g/mol. The van der Waals surface area contributed by atoms with E-state index in [9.17, 15) is 9.18 Å². The van der Waals surface area contributed by atoms with E-state index in [2.05, 4.69) is 17.1 Å². The summed E-state index contributed by atoms with van der Waals surface area (Å²) in [4.78, 5) is 15.0. The van der Waals surface area contributed by atoms with Crippen molar-refractivity contribution < 1.29 is 13.9 Å². The van der Waals surface area contributed by atoms with Crippen molar-refractivity contribution in [2.24, 2.45) is 0 Å². The molecule has 0 fully saturated rings. The van der Waals surface area contributed by atoms with E-state index >= 15 is 0 Å². The normalized spacial score (nSPS) is 13.3. The van der Waals surface area contributed by atoms with E-state index in [1.54, 1.807) is 24.1 Å². The van der Waals surface area contributed by atoms with Crippen LogP contribution in [0, 0.1) is 19.7 Å². The highest BCUT2D eigenvalue weighted by Crippen LogP contribution is 2.24. The molecule has 1 aliphatic rings. The lowest BCUT2D eigenvalue weighted by molar-refractivity contribution is 0.0764. The van der Waals surface area contributed by atoms with Crippen molar-refractivity contribution >= 4 is 5.91 Å². The van der Waals surface area contributed by atoms with Crippen LogP contribution in [0.2, 0.25) is 0 Å². The number of amides is 1. The van der Waals surface area contributed by atoms with Crippen molar-refractivity contribution in [3.8, 4) is 0 Å². The first-order valence-electron chi connectivity index (χ1n) is 10.6. The zero-order chi connectivity index (χ0) is 22.1. The Labute approximate surface area is 181 Å². The molecule has 0 unspecified atom stereocenters. The number of carbonyl (C=O) groups excluding carboxylic acids is 1. The lowest BCUT2D eigenvalue weighted by Gasteiger charge is -2.18. The largest absolute Gasteiger partial charge is 0.376 e. The summed E-state index contributed by atoms with van der Waals surface area (Å²) >= 11 is 0. The first-order valence-corrected chi connectivity index (χ1v) is 10.6. The summed E-state index contributed by atoms with van der Waals surface area (Å²) in [6.45, 7) is 8.78. The van der Waals surface area contributed by atoms with Gasteiger partial charge in [0.1, 0.15) is 5.82 Å². The van der Waals surface area contributed by atoms with Crippen LogP contribution in [-0.2, 0) is 37.4 Å². The van der Waals surface area contributed by atoms with Gasteiger partial charge in [-0.1, -0.05) is 12.1 Å². The second-order valence-electron chi connectivity index (χ2n) is 7.99. The zero-order valence-electron chi connectivity index (χ0n) is 18.5. The van der Waals surface area contributed by atoms with Gasteiger partial charge in [-0.2, -0.15) is 10.2 Å². The molecule has 7 nitrogen and oxygen atoms in total. The number of halogens is 1. The van der Waals surface area contributed by atoms with Crippen LogP contribution in [0.5, 0.6) is 0 Å². The number of hydrogen-bond acceptors (Lipinski definition) is 4. The molecule has 0 saturated heterocycles. The number of nitrogens with zero attached hydrogens (tertiary/aromatic N) is 5. The van der Waals surface area contributed by atoms with Gasteiger partial charge in [-0.3, -0.25) is 14.2 Å². The van der Waals surface area contributed by atoms with Gasteiger partial charge in [-0.25, -0.2) is 4.39 Å². The minimum absolute atomic E-state index is 0.136. The Morgan fingerprint density at radius 1 is 1.19 bits per heavy atom. The summed E-state index contributed by atoms with van der Waals surface area (Å²) in [5, 5.41) is 9.22. The number of hydrogen-bond donors (Lipinski definition) is 0. The van der Waals surface area contributed by atoms with Crippen molar-refractivity contribution in [2.45, 2.75) is 53.4 Å². The van der Waals surface area contributed by atoms with Crippen LogP contribution in [0.25, 0.3) is 0 Å². The molecule has 0 bridgehead atoms. The summed E-state index contributed by atoms with van der Waals surface area (Å²) in [6.07, 6.45) is 0.696. The minimum Gasteiger partial charge on any atom is -0.376 e. The fourth-order valence-corrected chi connectivity index (χ4v) is 4.13. The molecule has 3 heterocycles. The van der Waals surface area contributed by atoms with E-state index in [-0.39, 0.29) is 11.7 Å². The van der Waals surface area contributed by atoms with Crippen molar-refractivity contribution in [1.82, 2.24) is 24.5 Å². The van der Waals surface area contributed by atoms with Crippen LogP contribution in [0.4, 0.5) is 4.39 Å². The number of carbonyl (C=O) groups is 1. The van der Waals surface area contributed by atoms with Gasteiger partial charge in [0.15, 0.2) is 5.69 Å². The number of aromatic nitrogens is 4. The molecule has 0 saturated carbocycles. The van der Waals surface area contributed by atoms with Crippen LogP contribution in [-0.4, -0.2) is 44.0 Å². The third kappa shape index (κ3) is 4.12. The van der Waals surface area contributed by atoms with E-state index in [0.29, 0.717) is 38.4 Å². The van der Waals surface area contributed by atoms with Gasteiger partial charge in [0.2, 0.25) is 0 Å². The first kappa shape index (κ1) is 21.2. The van der Waals surface area contributed by atoms with Gasteiger partial charge in [0.25, 0.3) is 5.91 Å². The number of aryl methyl sites for hydroxylation is 2. The van der Waals surface area contributed by atoms with Crippen molar-refractivity contribution in [2.75, 3.05) is 13.7 Å². The fraction of sp³-hybridized carbons (Fsp3) is 0.435. The lowest BCUT2D eigenvalue weighted by atomic mass is 10.1. The number of ether oxygens (including phenoxy) is 1. The standard InChI is InChI=1S/C23H28FN5O2/c1-5-28-16(3)19(15(2)25-28)13-27(4)23(30)22-20-14-31-11-10-21(20)29(26-22)12-17-6-8-18(24)9-7-17/h6-9H,5,10-14H2,1-4H3. The van der Waals surface area contributed by atoms with Crippen LogP contribution < -0.4 is 0 Å². The van der Waals surface area contributed by atoms with E-state index in [1.165, 1.54) is 12.1 Å². The van der Waals surface area contributed by atoms with Crippen LogP contribution in [0.1, 0.15) is 51.2 Å². The second kappa shape index (κ2) is 8.63. The molecule has 1 aromatic carbocycles. The Kier molecular flexibility index (Phi) is 5.91. The predicted octanol–water partition coefficient (Wildman–Crippen LogP) is 3.25. The lowest BCUT2D eigenvalue weighted by Crippen LogP contribution is -2.28. The maximum absolute atomic E-state index is 13.3. The first-order chi connectivity index (χ1) is 14.9. The van der Waals surface area contributed by atoms with Crippen molar-refractivity contribution in [3.63, 3.8) is 0 Å². The molecule has 0 N–H and O–H groups in total. The van der Waals surface area contributed by atoms with Crippen LogP contribution >= 0.6 is 0 Å². The van der Waals surface area contributed by atoms with Gasteiger partial charge in [0, 0.05) is 49.1 Å². The van der Waals surface area contributed by atoms with Gasteiger partial charge in [-0.05, 0) is 38.5 Å². The highest BCUT2D eigenvalue weighted by molar-refractivity contribution is 5.94. The third-order valence-corrected chi connectivity index (χ3v) is 5.92. The Hall–Kier alpha value is -3.00. The molecule has 2 aromatic heterocycles. The van der Waals surface area contributed by atoms with E-state index < -0.39 is 0 Å². The van der Waals surface area contributed by atoms with Gasteiger partial charge in [0.05, 0.1) is 25.5 Å². The summed E-state index contributed by atoms with van der Waals surface area (Å²) in [7, 11) is 1.79. The SMILES string of the molecule is CCn1nc(C)c(CN(C)C(=O)c2nn(Cc3ccc(F)cc3)c3c2COCC3)c1C. The molecule has 8 heteroatoms. The van der Waals surface area contributed by atoms with Crippen molar-refractivity contribution in [3.05, 3.63) is 69.5 Å². The second-order valence-corrected chi connectivity index (χ2v) is 7.99. The quantitative estimate of drug-likeness (QED) is 0.608. The number of benzene rings is 1. The molecule has 0 radical (unpaired) electrons. The molecule has 0 aliphatic carbocycles. The highest BCUT2D eigenvalue weighted by Gasteiger charge is 2.28. The topological polar surface area (TPSA) is 65.2 Å². The average Bonchev–Trinajstić information content (AvgIpc) is 3.27.